The van der Waals surface area contributed by atoms with Crippen LogP contribution in [0.5, 0.6) is 0 Å². The van der Waals surface area contributed by atoms with Crippen molar-refractivity contribution in [2.24, 2.45) is 7.05 Å². The van der Waals surface area contributed by atoms with Crippen molar-refractivity contribution in [2.75, 3.05) is 32.0 Å². The number of carbonyl (C=O) groups excluding carboxylic acids is 1. The third-order valence-corrected chi connectivity index (χ3v) is 4.70. The predicted molar refractivity (Wildman–Crippen MR) is 91.9 cm³/mol. The van der Waals surface area contributed by atoms with E-state index in [1.807, 2.05) is 25.5 Å². The Hall–Kier alpha value is -2.26. The Morgan fingerprint density at radius 3 is 2.88 bits per heavy atom. The molecule has 9 heteroatoms. The fourth-order valence-electron chi connectivity index (χ4n) is 3.06. The van der Waals surface area contributed by atoms with Crippen LogP contribution in [-0.4, -0.2) is 68.4 Å². The average Bonchev–Trinajstić information content (AvgIpc) is 3.25. The number of nitrogens with zero attached hydrogens (tertiary/aromatic N) is 6. The molecule has 2 aromatic heterocycles. The maximum absolute atomic E-state index is 12.1. The second-order valence-electron chi connectivity index (χ2n) is 6.70. The molecule has 1 amide bonds. The van der Waals surface area contributed by atoms with Gasteiger partial charge in [0.25, 0.3) is 0 Å². The summed E-state index contributed by atoms with van der Waals surface area (Å²) in [6.07, 6.45) is 1.03. The lowest BCUT2D eigenvalue weighted by Gasteiger charge is -2.24. The van der Waals surface area contributed by atoms with Crippen LogP contribution in [-0.2, 0) is 18.4 Å². The van der Waals surface area contributed by atoms with Gasteiger partial charge in [0.2, 0.25) is 11.8 Å². The average molecular weight is 347 g/mol. The first-order valence-corrected chi connectivity index (χ1v) is 8.43. The zero-order chi connectivity index (χ0) is 18.0. The van der Waals surface area contributed by atoms with Gasteiger partial charge in [-0.05, 0) is 27.3 Å². The normalized spacial score (nSPS) is 18.2. The molecule has 0 bridgehead atoms. The fraction of sp³-hybridized carbons (Fsp3) is 0.625. The molecule has 0 aliphatic carbocycles. The summed E-state index contributed by atoms with van der Waals surface area (Å²) in [4.78, 5) is 16.6. The van der Waals surface area contributed by atoms with Gasteiger partial charge in [-0.1, -0.05) is 5.16 Å². The van der Waals surface area contributed by atoms with Crippen molar-refractivity contribution in [1.82, 2.24) is 29.7 Å². The highest BCUT2D eigenvalue weighted by atomic mass is 16.5. The van der Waals surface area contributed by atoms with Crippen LogP contribution in [0.3, 0.4) is 0 Å². The van der Waals surface area contributed by atoms with Gasteiger partial charge in [0.1, 0.15) is 11.6 Å². The first-order chi connectivity index (χ1) is 11.9. The van der Waals surface area contributed by atoms with E-state index in [1.165, 1.54) is 0 Å². The molecule has 136 valence electrons. The number of nitrogens with one attached hydrogen (secondary N) is 1. The number of likely N-dealkylation sites (tertiary alicyclic amines) is 1. The van der Waals surface area contributed by atoms with Crippen molar-refractivity contribution in [3.63, 3.8) is 0 Å². The summed E-state index contributed by atoms with van der Waals surface area (Å²) in [6, 6.07) is 2.11. The molecule has 0 spiro atoms. The number of likely N-dealkylation sites (N-methyl/N-ethyl adjacent to an activating group) is 1. The van der Waals surface area contributed by atoms with E-state index >= 15 is 0 Å². The van der Waals surface area contributed by atoms with Crippen molar-refractivity contribution in [1.29, 1.82) is 0 Å². The molecule has 3 rings (SSSR count). The molecule has 1 fully saturated rings. The smallest absolute Gasteiger partial charge is 0.240 e. The SMILES string of the molecule is Cc1cc(NC(=O)CN2CC[C@H](N(C)Cc3nnc(C)n3C)C2)on1. The van der Waals surface area contributed by atoms with Crippen LogP contribution >= 0.6 is 0 Å². The van der Waals surface area contributed by atoms with Gasteiger partial charge in [-0.15, -0.1) is 10.2 Å². The first-order valence-electron chi connectivity index (χ1n) is 8.43. The lowest BCUT2D eigenvalue weighted by atomic mass is 10.2. The van der Waals surface area contributed by atoms with Gasteiger partial charge in [-0.2, -0.15) is 0 Å². The molecule has 0 saturated carbocycles. The maximum Gasteiger partial charge on any atom is 0.240 e. The highest BCUT2D eigenvalue weighted by Gasteiger charge is 2.27. The topological polar surface area (TPSA) is 92.3 Å². The molecular formula is C16H25N7O2. The summed E-state index contributed by atoms with van der Waals surface area (Å²) in [5.74, 6) is 2.18. The third-order valence-electron chi connectivity index (χ3n) is 4.70. The van der Waals surface area contributed by atoms with Crippen LogP contribution in [0.15, 0.2) is 10.6 Å². The fourth-order valence-corrected chi connectivity index (χ4v) is 3.06. The Balaban J connectivity index is 1.47. The summed E-state index contributed by atoms with van der Waals surface area (Å²) >= 11 is 0. The number of anilines is 1. The number of aryl methyl sites for hydroxylation is 2. The Labute approximate surface area is 147 Å². The number of hydrogen-bond donors (Lipinski definition) is 1. The van der Waals surface area contributed by atoms with Gasteiger partial charge in [0.15, 0.2) is 0 Å². The van der Waals surface area contributed by atoms with E-state index in [-0.39, 0.29) is 5.91 Å². The lowest BCUT2D eigenvalue weighted by Crippen LogP contribution is -2.37. The Bertz CT molecular complexity index is 739. The van der Waals surface area contributed by atoms with E-state index in [2.05, 4.69) is 37.5 Å². The van der Waals surface area contributed by atoms with Crippen molar-refractivity contribution >= 4 is 11.8 Å². The number of rotatable bonds is 6. The van der Waals surface area contributed by atoms with E-state index < -0.39 is 0 Å². The number of aromatic nitrogens is 4. The van der Waals surface area contributed by atoms with Crippen LogP contribution < -0.4 is 5.32 Å². The van der Waals surface area contributed by atoms with Gasteiger partial charge in [0.05, 0.1) is 18.8 Å². The van der Waals surface area contributed by atoms with E-state index in [0.29, 0.717) is 18.5 Å². The third kappa shape index (κ3) is 4.23. The summed E-state index contributed by atoms with van der Waals surface area (Å²) in [7, 11) is 4.07. The molecule has 0 aromatic carbocycles. The molecular weight excluding hydrogens is 322 g/mol. The molecule has 9 nitrogen and oxygen atoms in total. The van der Waals surface area contributed by atoms with Crippen molar-refractivity contribution in [3.8, 4) is 0 Å². The molecule has 1 aliphatic rings. The molecule has 1 atom stereocenters. The van der Waals surface area contributed by atoms with Gasteiger partial charge in [0, 0.05) is 32.2 Å². The van der Waals surface area contributed by atoms with Crippen LogP contribution in [0.1, 0.15) is 23.8 Å². The minimum atomic E-state index is -0.0802. The molecule has 1 N–H and O–H groups in total. The Morgan fingerprint density at radius 2 is 2.24 bits per heavy atom. The van der Waals surface area contributed by atoms with Crippen LogP contribution in [0, 0.1) is 13.8 Å². The highest BCUT2D eigenvalue weighted by molar-refractivity contribution is 5.90. The van der Waals surface area contributed by atoms with Gasteiger partial charge >= 0.3 is 0 Å². The molecule has 25 heavy (non-hydrogen) atoms. The summed E-state index contributed by atoms with van der Waals surface area (Å²) in [5, 5.41) is 14.8. The summed E-state index contributed by atoms with van der Waals surface area (Å²) < 4.78 is 7.02. The highest BCUT2D eigenvalue weighted by Crippen LogP contribution is 2.16. The standard InChI is InChI=1S/C16H25N7O2/c1-11-7-16(25-20-11)17-15(24)10-23-6-5-13(8-23)21(3)9-14-19-18-12(2)22(14)4/h7,13H,5-6,8-10H2,1-4H3,(H,17,24)/t13-/m0/s1. The number of amides is 1. The van der Waals surface area contributed by atoms with Crippen molar-refractivity contribution in [2.45, 2.75) is 32.9 Å². The van der Waals surface area contributed by atoms with E-state index in [1.54, 1.807) is 6.07 Å². The molecule has 0 radical (unpaired) electrons. The molecule has 2 aromatic rings. The number of carbonyl (C=O) groups is 1. The van der Waals surface area contributed by atoms with Gasteiger partial charge in [-0.25, -0.2) is 0 Å². The van der Waals surface area contributed by atoms with E-state index in [9.17, 15) is 4.79 Å². The summed E-state index contributed by atoms with van der Waals surface area (Å²) in [5.41, 5.74) is 0.747. The van der Waals surface area contributed by atoms with Crippen molar-refractivity contribution in [3.05, 3.63) is 23.4 Å². The summed E-state index contributed by atoms with van der Waals surface area (Å²) in [6.45, 7) is 6.62. The molecule has 3 heterocycles. The molecule has 0 unspecified atom stereocenters. The van der Waals surface area contributed by atoms with Gasteiger partial charge in [-0.3, -0.25) is 19.9 Å². The maximum atomic E-state index is 12.1. The quantitative estimate of drug-likeness (QED) is 0.816. The van der Waals surface area contributed by atoms with Gasteiger partial charge < -0.3 is 9.09 Å². The minimum absolute atomic E-state index is 0.0802. The van der Waals surface area contributed by atoms with Crippen LogP contribution in [0.25, 0.3) is 0 Å². The van der Waals surface area contributed by atoms with E-state index in [4.69, 9.17) is 4.52 Å². The Kier molecular flexibility index (Phi) is 5.14. The number of hydrogen-bond acceptors (Lipinski definition) is 7. The molecule has 1 aliphatic heterocycles. The zero-order valence-electron chi connectivity index (χ0n) is 15.2. The molecule has 1 saturated heterocycles. The van der Waals surface area contributed by atoms with Crippen LogP contribution in [0.2, 0.25) is 0 Å². The minimum Gasteiger partial charge on any atom is -0.338 e. The second kappa shape index (κ2) is 7.32. The lowest BCUT2D eigenvalue weighted by molar-refractivity contribution is -0.117. The largest absolute Gasteiger partial charge is 0.338 e. The van der Waals surface area contributed by atoms with Crippen molar-refractivity contribution < 1.29 is 9.32 Å². The predicted octanol–water partition coefficient (Wildman–Crippen LogP) is 0.565. The Morgan fingerprint density at radius 1 is 1.44 bits per heavy atom. The monoisotopic (exact) mass is 347 g/mol. The van der Waals surface area contributed by atoms with Crippen LogP contribution in [0.4, 0.5) is 5.88 Å². The van der Waals surface area contributed by atoms with E-state index in [0.717, 1.165) is 43.4 Å². The zero-order valence-corrected chi connectivity index (χ0v) is 15.2. The second-order valence-corrected chi connectivity index (χ2v) is 6.70. The first kappa shape index (κ1) is 17.6.